The summed E-state index contributed by atoms with van der Waals surface area (Å²) in [4.78, 5) is 5.33. The lowest BCUT2D eigenvalue weighted by molar-refractivity contribution is 0.0284. The molecule has 1 aliphatic heterocycles. The Kier molecular flexibility index (Phi) is 6.21. The summed E-state index contributed by atoms with van der Waals surface area (Å²) < 4.78 is 0. The van der Waals surface area contributed by atoms with Crippen LogP contribution in [0, 0.1) is 0 Å². The van der Waals surface area contributed by atoms with Crippen LogP contribution in [0.2, 0.25) is 0 Å². The van der Waals surface area contributed by atoms with Crippen molar-refractivity contribution in [2.24, 2.45) is 0 Å². The molecule has 0 aromatic rings. The van der Waals surface area contributed by atoms with Crippen molar-refractivity contribution in [3.63, 3.8) is 0 Å². The Morgan fingerprint density at radius 1 is 1.15 bits per heavy atom. The summed E-state index contributed by atoms with van der Waals surface area (Å²) in [5, 5.41) is 0. The average Bonchev–Trinajstić information content (AvgIpc) is 2.63. The van der Waals surface area contributed by atoms with E-state index < -0.39 is 0 Å². The third-order valence-electron chi connectivity index (χ3n) is 2.70. The second-order valence-corrected chi connectivity index (χ2v) is 3.98. The van der Waals surface area contributed by atoms with E-state index >= 15 is 0 Å². The highest BCUT2D eigenvalue weighted by molar-refractivity contribution is 4.63. The Balaban J connectivity index is 1.78. The molecule has 0 saturated carbocycles. The molecule has 1 rings (SSSR count). The number of hydrogen-bond donors (Lipinski definition) is 1. The zero-order valence-electron chi connectivity index (χ0n) is 8.85. The first-order valence-corrected chi connectivity index (χ1v) is 5.82. The molecule has 0 bridgehead atoms. The van der Waals surface area contributed by atoms with Gasteiger partial charge in [-0.2, -0.15) is 0 Å². The number of unbranched alkanes of at least 4 members (excludes halogenated alkanes) is 5. The van der Waals surface area contributed by atoms with Crippen LogP contribution in [0.5, 0.6) is 0 Å². The van der Waals surface area contributed by atoms with Crippen LogP contribution in [-0.2, 0) is 4.84 Å². The van der Waals surface area contributed by atoms with Gasteiger partial charge in [0.15, 0.2) is 0 Å². The van der Waals surface area contributed by atoms with Crippen molar-refractivity contribution in [2.75, 3.05) is 6.54 Å². The summed E-state index contributed by atoms with van der Waals surface area (Å²) in [6, 6.07) is 0. The van der Waals surface area contributed by atoms with Crippen LogP contribution < -0.4 is 5.48 Å². The number of rotatable bonds is 7. The van der Waals surface area contributed by atoms with Gasteiger partial charge in [0, 0.05) is 6.54 Å². The van der Waals surface area contributed by atoms with Crippen molar-refractivity contribution < 1.29 is 4.84 Å². The molecular formula is C11H23NO. The summed E-state index contributed by atoms with van der Waals surface area (Å²) in [5.74, 6) is 0. The highest BCUT2D eigenvalue weighted by Crippen LogP contribution is 2.13. The Hall–Kier alpha value is -0.0800. The summed E-state index contributed by atoms with van der Waals surface area (Å²) >= 11 is 0. The second kappa shape index (κ2) is 7.34. The Bertz CT molecular complexity index is 111. The van der Waals surface area contributed by atoms with E-state index in [0.717, 1.165) is 6.54 Å². The zero-order chi connectivity index (χ0) is 9.36. The molecule has 0 aromatic carbocycles. The molecule has 1 fully saturated rings. The predicted octanol–water partition coefficient (Wildman–Crippen LogP) is 3.03. The van der Waals surface area contributed by atoms with E-state index in [9.17, 15) is 0 Å². The summed E-state index contributed by atoms with van der Waals surface area (Å²) in [5.41, 5.74) is 2.93. The molecule has 78 valence electrons. The lowest BCUT2D eigenvalue weighted by Crippen LogP contribution is -2.09. The van der Waals surface area contributed by atoms with Crippen LogP contribution in [0.15, 0.2) is 0 Å². The van der Waals surface area contributed by atoms with Crippen molar-refractivity contribution in [1.82, 2.24) is 5.48 Å². The van der Waals surface area contributed by atoms with Crippen molar-refractivity contribution in [1.29, 1.82) is 0 Å². The molecule has 0 radical (unpaired) electrons. The van der Waals surface area contributed by atoms with E-state index in [0.29, 0.717) is 6.10 Å². The van der Waals surface area contributed by atoms with Gasteiger partial charge < -0.3 is 0 Å². The van der Waals surface area contributed by atoms with Gasteiger partial charge in [-0.3, -0.25) is 4.84 Å². The van der Waals surface area contributed by atoms with Crippen LogP contribution in [0.1, 0.15) is 58.3 Å². The maximum Gasteiger partial charge on any atom is 0.0803 e. The van der Waals surface area contributed by atoms with Crippen LogP contribution in [0.3, 0.4) is 0 Å². The lowest BCUT2D eigenvalue weighted by atomic mass is 10.1. The van der Waals surface area contributed by atoms with Crippen molar-refractivity contribution in [3.8, 4) is 0 Å². The highest BCUT2D eigenvalue weighted by atomic mass is 16.7. The van der Waals surface area contributed by atoms with E-state index in [1.807, 2.05) is 0 Å². The van der Waals surface area contributed by atoms with Crippen LogP contribution in [0.4, 0.5) is 0 Å². The molecule has 0 aliphatic carbocycles. The lowest BCUT2D eigenvalue weighted by Gasteiger charge is -2.06. The molecule has 1 N–H and O–H groups in total. The van der Waals surface area contributed by atoms with Crippen LogP contribution in [0.25, 0.3) is 0 Å². The van der Waals surface area contributed by atoms with Gasteiger partial charge in [-0.1, -0.05) is 45.4 Å². The van der Waals surface area contributed by atoms with Gasteiger partial charge >= 0.3 is 0 Å². The highest BCUT2D eigenvalue weighted by Gasteiger charge is 2.14. The topological polar surface area (TPSA) is 21.3 Å². The van der Waals surface area contributed by atoms with E-state index in [4.69, 9.17) is 4.84 Å². The van der Waals surface area contributed by atoms with Gasteiger partial charge in [0.1, 0.15) is 0 Å². The normalized spacial score (nSPS) is 22.4. The standard InChI is InChI=1S/C11H23NO/c1-2-3-4-5-6-7-8-11-9-10-12-13-11/h11-12H,2-10H2,1H3. The first-order chi connectivity index (χ1) is 6.43. The molecule has 1 heterocycles. The number of nitrogens with one attached hydrogen (secondary N) is 1. The smallest absolute Gasteiger partial charge is 0.0803 e. The Labute approximate surface area is 82.0 Å². The molecule has 1 unspecified atom stereocenters. The Morgan fingerprint density at radius 3 is 2.62 bits per heavy atom. The molecule has 13 heavy (non-hydrogen) atoms. The van der Waals surface area contributed by atoms with E-state index in [-0.39, 0.29) is 0 Å². The summed E-state index contributed by atoms with van der Waals surface area (Å²) in [6.07, 6.45) is 11.3. The van der Waals surface area contributed by atoms with Gasteiger partial charge in [0.05, 0.1) is 6.10 Å². The van der Waals surface area contributed by atoms with Gasteiger partial charge in [-0.05, 0) is 12.8 Å². The fourth-order valence-corrected chi connectivity index (χ4v) is 1.81. The number of hydrogen-bond acceptors (Lipinski definition) is 2. The van der Waals surface area contributed by atoms with Gasteiger partial charge in [0.2, 0.25) is 0 Å². The molecular weight excluding hydrogens is 162 g/mol. The number of hydroxylamine groups is 1. The minimum atomic E-state index is 0.506. The maximum atomic E-state index is 5.33. The van der Waals surface area contributed by atoms with Crippen molar-refractivity contribution >= 4 is 0 Å². The van der Waals surface area contributed by atoms with Gasteiger partial charge in [-0.25, -0.2) is 5.48 Å². The monoisotopic (exact) mass is 185 g/mol. The zero-order valence-corrected chi connectivity index (χ0v) is 8.85. The largest absolute Gasteiger partial charge is 0.298 e. The van der Waals surface area contributed by atoms with Crippen molar-refractivity contribution in [3.05, 3.63) is 0 Å². The molecule has 2 nitrogen and oxygen atoms in total. The Morgan fingerprint density at radius 2 is 1.92 bits per heavy atom. The molecule has 1 saturated heterocycles. The third kappa shape index (κ3) is 5.27. The molecule has 1 atom stereocenters. The fraction of sp³-hybridized carbons (Fsp3) is 1.00. The van der Waals surface area contributed by atoms with E-state index in [1.54, 1.807) is 0 Å². The summed E-state index contributed by atoms with van der Waals surface area (Å²) in [7, 11) is 0. The van der Waals surface area contributed by atoms with Crippen molar-refractivity contribution in [2.45, 2.75) is 64.4 Å². The third-order valence-corrected chi connectivity index (χ3v) is 2.70. The molecule has 2 heteroatoms. The first kappa shape index (κ1) is 11.0. The molecule has 0 aromatic heterocycles. The van der Waals surface area contributed by atoms with Crippen LogP contribution in [-0.4, -0.2) is 12.6 Å². The minimum absolute atomic E-state index is 0.506. The average molecular weight is 185 g/mol. The van der Waals surface area contributed by atoms with Gasteiger partial charge in [-0.15, -0.1) is 0 Å². The van der Waals surface area contributed by atoms with E-state index in [2.05, 4.69) is 12.4 Å². The molecule has 0 spiro atoms. The molecule has 1 aliphatic rings. The van der Waals surface area contributed by atoms with Gasteiger partial charge in [0.25, 0.3) is 0 Å². The maximum absolute atomic E-state index is 5.33. The minimum Gasteiger partial charge on any atom is -0.298 e. The van der Waals surface area contributed by atoms with E-state index in [1.165, 1.54) is 51.4 Å². The summed E-state index contributed by atoms with van der Waals surface area (Å²) in [6.45, 7) is 3.30. The van der Waals surface area contributed by atoms with Crippen LogP contribution >= 0.6 is 0 Å². The quantitative estimate of drug-likeness (QED) is 0.616. The second-order valence-electron chi connectivity index (χ2n) is 3.98. The predicted molar refractivity (Wildman–Crippen MR) is 55.5 cm³/mol. The molecule has 0 amide bonds. The first-order valence-electron chi connectivity index (χ1n) is 5.82. The SMILES string of the molecule is CCCCCCCCC1CCNO1. The fourth-order valence-electron chi connectivity index (χ4n) is 1.81.